The number of ketones is 1. The maximum absolute atomic E-state index is 14.1. The van der Waals surface area contributed by atoms with Crippen molar-refractivity contribution in [2.24, 2.45) is 5.92 Å². The van der Waals surface area contributed by atoms with Crippen LogP contribution in [-0.2, 0) is 49.5 Å². The van der Waals surface area contributed by atoms with E-state index in [1.807, 2.05) is 34.6 Å². The number of amides is 1. The summed E-state index contributed by atoms with van der Waals surface area (Å²) < 4.78 is 10.1. The zero-order valence-corrected chi connectivity index (χ0v) is 28.0. The van der Waals surface area contributed by atoms with Gasteiger partial charge in [0.2, 0.25) is 0 Å². The minimum atomic E-state index is -1.14. The van der Waals surface area contributed by atoms with Crippen molar-refractivity contribution in [3.8, 4) is 0 Å². The largest absolute Gasteiger partial charge is 0.469 e. The fourth-order valence-corrected chi connectivity index (χ4v) is 7.41. The van der Waals surface area contributed by atoms with Crippen LogP contribution in [0, 0.1) is 26.7 Å². The summed E-state index contributed by atoms with van der Waals surface area (Å²) in [7, 11) is 2.60. The minimum Gasteiger partial charge on any atom is -0.469 e. The standard InChI is InChI=1S/C36H42N4O7/c1-9-20-16(3)27(15-41)37-26(20)14-25-19(6)29-33(39-25)30(31(34(29)43)36(45)47-8)32-22(11-12-28(42)46-7)18(5)23(38-32)13-24-17(4)21(10-2)35(44)40-24/h10,15,24,30-31,37-39H,2,9,11-14H2,1,3-8H3,(H,40,44)/t24?,30-,31+/m0/s1. The summed E-state index contributed by atoms with van der Waals surface area (Å²) in [6, 6.07) is -0.279. The van der Waals surface area contributed by atoms with Crippen molar-refractivity contribution in [2.75, 3.05) is 14.2 Å². The van der Waals surface area contributed by atoms with Gasteiger partial charge < -0.3 is 29.7 Å². The normalized spacial score (nSPS) is 18.8. The summed E-state index contributed by atoms with van der Waals surface area (Å²) in [4.78, 5) is 74.2. The maximum atomic E-state index is 14.1. The van der Waals surface area contributed by atoms with Crippen molar-refractivity contribution in [3.05, 3.63) is 91.3 Å². The molecule has 47 heavy (non-hydrogen) atoms. The molecule has 1 aliphatic heterocycles. The molecule has 4 N–H and O–H groups in total. The molecule has 4 heterocycles. The Morgan fingerprint density at radius 3 is 2.19 bits per heavy atom. The summed E-state index contributed by atoms with van der Waals surface area (Å²) in [5, 5.41) is 3.01. The van der Waals surface area contributed by atoms with Gasteiger partial charge in [-0.1, -0.05) is 19.6 Å². The molecule has 11 nitrogen and oxygen atoms in total. The number of H-pyrrole nitrogens is 3. The lowest BCUT2D eigenvalue weighted by molar-refractivity contribution is -0.144. The van der Waals surface area contributed by atoms with Gasteiger partial charge in [0.25, 0.3) is 5.91 Å². The monoisotopic (exact) mass is 642 g/mol. The Morgan fingerprint density at radius 1 is 0.894 bits per heavy atom. The van der Waals surface area contributed by atoms with Gasteiger partial charge in [0, 0.05) is 58.9 Å². The second kappa shape index (κ2) is 13.1. The number of carbonyl (C=O) groups is 5. The van der Waals surface area contributed by atoms with Gasteiger partial charge in [-0.3, -0.25) is 24.0 Å². The number of nitrogens with one attached hydrogen (secondary N) is 4. The number of esters is 2. The predicted molar refractivity (Wildman–Crippen MR) is 175 cm³/mol. The fourth-order valence-electron chi connectivity index (χ4n) is 7.41. The van der Waals surface area contributed by atoms with Gasteiger partial charge in [-0.05, 0) is 73.9 Å². The first-order chi connectivity index (χ1) is 22.4. The highest BCUT2D eigenvalue weighted by molar-refractivity contribution is 6.14. The predicted octanol–water partition coefficient (Wildman–Crippen LogP) is 4.33. The number of aromatic amines is 3. The van der Waals surface area contributed by atoms with Gasteiger partial charge in [0.15, 0.2) is 12.1 Å². The minimum absolute atomic E-state index is 0.0950. The first-order valence-electron chi connectivity index (χ1n) is 15.8. The highest BCUT2D eigenvalue weighted by atomic mass is 16.5. The lowest BCUT2D eigenvalue weighted by atomic mass is 9.87. The van der Waals surface area contributed by atoms with Crippen molar-refractivity contribution in [1.29, 1.82) is 0 Å². The molecular weight excluding hydrogens is 600 g/mol. The van der Waals surface area contributed by atoms with Crippen molar-refractivity contribution in [2.45, 2.75) is 78.7 Å². The number of fused-ring (bicyclic) bond motifs is 1. The zero-order chi connectivity index (χ0) is 34.3. The quantitative estimate of drug-likeness (QED) is 0.130. The smallest absolute Gasteiger partial charge is 0.317 e. The molecule has 0 fully saturated rings. The lowest BCUT2D eigenvalue weighted by Gasteiger charge is -2.19. The average molecular weight is 643 g/mol. The molecule has 248 valence electrons. The number of methoxy groups -OCH3 is 2. The van der Waals surface area contributed by atoms with Gasteiger partial charge >= 0.3 is 11.9 Å². The van der Waals surface area contributed by atoms with Gasteiger partial charge in [-0.2, -0.15) is 0 Å². The maximum Gasteiger partial charge on any atom is 0.317 e. The van der Waals surface area contributed by atoms with Crippen LogP contribution in [0.4, 0.5) is 0 Å². The molecule has 1 unspecified atom stereocenters. The van der Waals surface area contributed by atoms with Crippen LogP contribution >= 0.6 is 0 Å². The van der Waals surface area contributed by atoms with Gasteiger partial charge in [0.1, 0.15) is 5.92 Å². The van der Waals surface area contributed by atoms with Gasteiger partial charge in [-0.15, -0.1) is 0 Å². The van der Waals surface area contributed by atoms with E-state index in [9.17, 15) is 24.0 Å². The molecule has 1 amide bonds. The molecule has 3 atom stereocenters. The number of rotatable bonds is 12. The van der Waals surface area contributed by atoms with E-state index in [1.165, 1.54) is 14.2 Å². The van der Waals surface area contributed by atoms with Crippen molar-refractivity contribution in [1.82, 2.24) is 20.3 Å². The van der Waals surface area contributed by atoms with Crippen LogP contribution in [0.3, 0.4) is 0 Å². The van der Waals surface area contributed by atoms with E-state index in [0.29, 0.717) is 47.5 Å². The number of hydrogen-bond acceptors (Lipinski definition) is 7. The van der Waals surface area contributed by atoms with E-state index in [2.05, 4.69) is 26.8 Å². The Bertz CT molecular complexity index is 1850. The first-order valence-corrected chi connectivity index (χ1v) is 15.8. The molecule has 3 aromatic rings. The van der Waals surface area contributed by atoms with Crippen LogP contribution in [0.25, 0.3) is 0 Å². The van der Waals surface area contributed by atoms with Crippen molar-refractivity contribution in [3.63, 3.8) is 0 Å². The van der Waals surface area contributed by atoms with Crippen LogP contribution in [0.15, 0.2) is 23.8 Å². The Labute approximate surface area is 273 Å². The van der Waals surface area contributed by atoms with Gasteiger partial charge in [-0.25, -0.2) is 0 Å². The zero-order valence-electron chi connectivity index (χ0n) is 28.0. The van der Waals surface area contributed by atoms with Crippen LogP contribution in [0.1, 0.15) is 103 Å². The topological polar surface area (TPSA) is 163 Å². The molecule has 5 rings (SSSR count). The fraction of sp³-hybridized carbons (Fsp3) is 0.417. The Kier molecular flexibility index (Phi) is 9.29. The Hall–Kier alpha value is -4.93. The third-order valence-corrected chi connectivity index (χ3v) is 10.1. The number of hydrogen-bond donors (Lipinski definition) is 4. The number of ether oxygens (including phenoxy) is 2. The number of aromatic nitrogens is 3. The number of aldehydes is 1. The van der Waals surface area contributed by atoms with E-state index < -0.39 is 17.8 Å². The Morgan fingerprint density at radius 2 is 1.60 bits per heavy atom. The molecule has 0 radical (unpaired) electrons. The second-order valence-electron chi connectivity index (χ2n) is 12.4. The van der Waals surface area contributed by atoms with E-state index >= 15 is 0 Å². The van der Waals surface area contributed by atoms with E-state index in [1.54, 1.807) is 6.08 Å². The summed E-state index contributed by atoms with van der Waals surface area (Å²) in [5.41, 5.74) is 10.5. The van der Waals surface area contributed by atoms with E-state index in [4.69, 9.17) is 9.47 Å². The van der Waals surface area contributed by atoms with Crippen molar-refractivity contribution < 1.29 is 33.4 Å². The molecule has 1 aliphatic carbocycles. The summed E-state index contributed by atoms with van der Waals surface area (Å²) in [6.07, 6.45) is 4.37. The third kappa shape index (κ3) is 5.57. The third-order valence-electron chi connectivity index (χ3n) is 10.1. The van der Waals surface area contributed by atoms with E-state index in [0.717, 1.165) is 63.2 Å². The summed E-state index contributed by atoms with van der Waals surface area (Å²) in [5.74, 6) is -3.44. The van der Waals surface area contributed by atoms with Crippen LogP contribution in [0.2, 0.25) is 0 Å². The highest BCUT2D eigenvalue weighted by Gasteiger charge is 2.50. The summed E-state index contributed by atoms with van der Waals surface area (Å²) in [6.45, 7) is 13.4. The molecule has 0 aromatic carbocycles. The molecule has 0 saturated heterocycles. The van der Waals surface area contributed by atoms with Crippen LogP contribution in [0.5, 0.6) is 0 Å². The Balaban J connectivity index is 1.64. The molecule has 0 saturated carbocycles. The van der Waals surface area contributed by atoms with E-state index in [-0.39, 0.29) is 30.1 Å². The van der Waals surface area contributed by atoms with Gasteiger partial charge in [0.05, 0.1) is 31.9 Å². The number of carbonyl (C=O) groups excluding carboxylic acids is 5. The molecular formula is C36H42N4O7. The van der Waals surface area contributed by atoms with Crippen molar-refractivity contribution >= 4 is 29.9 Å². The average Bonchev–Trinajstić information content (AvgIpc) is 3.79. The SMILES string of the molecule is C=CC1=C(C)C(Cc2[nH]c([C@H]3c4[nH]c(Cc5[nH]c(C=O)c(C)c5CC)c(C)c4C(=O)[C@@H]3C(=O)OC)c(CCC(=O)OC)c2C)NC1=O. The number of Topliss-reactive ketones (excluding diaryl/α,β-unsaturated/α-hetero) is 1. The molecule has 2 aliphatic rings. The molecule has 3 aromatic heterocycles. The highest BCUT2D eigenvalue weighted by Crippen LogP contribution is 2.47. The molecule has 0 spiro atoms. The lowest BCUT2D eigenvalue weighted by Crippen LogP contribution is -2.30. The molecule has 0 bridgehead atoms. The first kappa shape index (κ1) is 33.4. The summed E-state index contributed by atoms with van der Waals surface area (Å²) >= 11 is 0. The molecule has 11 heteroatoms. The van der Waals surface area contributed by atoms with Crippen LogP contribution < -0.4 is 5.32 Å². The second-order valence-corrected chi connectivity index (χ2v) is 12.4. The van der Waals surface area contributed by atoms with Crippen LogP contribution in [-0.4, -0.2) is 65.1 Å².